The van der Waals surface area contributed by atoms with Crippen LogP contribution in [0.4, 0.5) is 0 Å². The average molecular weight is 355 g/mol. The molecule has 3 rings (SSSR count). The van der Waals surface area contributed by atoms with Gasteiger partial charge in [0.1, 0.15) is 0 Å². The van der Waals surface area contributed by atoms with Crippen LogP contribution >= 0.6 is 0 Å². The van der Waals surface area contributed by atoms with Gasteiger partial charge in [0, 0.05) is 43.1 Å². The Bertz CT molecular complexity index is 744. The maximum Gasteiger partial charge on any atom is 0.191 e. The maximum atomic E-state index is 4.76. The van der Waals surface area contributed by atoms with Gasteiger partial charge in [-0.15, -0.1) is 0 Å². The minimum Gasteiger partial charge on any atom is -0.357 e. The number of hydrogen-bond donors (Lipinski definition) is 2. The standard InChI is InChI=1S/C20H30N6/c1-5-21-20(23-12-16-7-6-15(4)22-11-16)24-18-9-8-17-13-26(14(2)3)25-19(17)10-18/h6-7,11,13-14,18H,5,8-10,12H2,1-4H3,(H2,21,23,24). The quantitative estimate of drug-likeness (QED) is 0.640. The summed E-state index contributed by atoms with van der Waals surface area (Å²) >= 11 is 0. The smallest absolute Gasteiger partial charge is 0.191 e. The molecule has 0 amide bonds. The number of aryl methyl sites for hydroxylation is 2. The number of guanidine groups is 1. The first-order valence-corrected chi connectivity index (χ1v) is 9.58. The van der Waals surface area contributed by atoms with Gasteiger partial charge in [0.25, 0.3) is 0 Å². The Balaban J connectivity index is 1.64. The van der Waals surface area contributed by atoms with Gasteiger partial charge in [-0.25, -0.2) is 4.99 Å². The molecule has 6 heteroatoms. The summed E-state index contributed by atoms with van der Waals surface area (Å²) in [5.74, 6) is 0.866. The van der Waals surface area contributed by atoms with E-state index < -0.39 is 0 Å². The first-order chi connectivity index (χ1) is 12.5. The molecule has 2 N–H and O–H groups in total. The summed E-state index contributed by atoms with van der Waals surface area (Å²) in [7, 11) is 0. The second kappa shape index (κ2) is 8.34. The van der Waals surface area contributed by atoms with Crippen LogP contribution in [0.15, 0.2) is 29.5 Å². The van der Waals surface area contributed by atoms with Crippen molar-refractivity contribution in [1.29, 1.82) is 0 Å². The van der Waals surface area contributed by atoms with Crippen molar-refractivity contribution in [3.63, 3.8) is 0 Å². The summed E-state index contributed by atoms with van der Waals surface area (Å²) in [6.45, 7) is 9.90. The van der Waals surface area contributed by atoms with E-state index >= 15 is 0 Å². The predicted molar refractivity (Wildman–Crippen MR) is 105 cm³/mol. The van der Waals surface area contributed by atoms with Gasteiger partial charge < -0.3 is 10.6 Å². The third-order valence-corrected chi connectivity index (χ3v) is 4.70. The van der Waals surface area contributed by atoms with Gasteiger partial charge in [-0.2, -0.15) is 5.10 Å². The highest BCUT2D eigenvalue weighted by Crippen LogP contribution is 2.21. The van der Waals surface area contributed by atoms with Crippen LogP contribution in [0.2, 0.25) is 0 Å². The van der Waals surface area contributed by atoms with Crippen LogP contribution in [0.1, 0.15) is 55.7 Å². The van der Waals surface area contributed by atoms with Crippen molar-refractivity contribution in [3.05, 3.63) is 47.0 Å². The van der Waals surface area contributed by atoms with Crippen molar-refractivity contribution in [2.45, 2.75) is 65.6 Å². The SMILES string of the molecule is CCNC(=NCc1ccc(C)nc1)NC1CCc2cn(C(C)C)nc2C1. The van der Waals surface area contributed by atoms with Crippen molar-refractivity contribution in [2.75, 3.05) is 6.54 Å². The van der Waals surface area contributed by atoms with Crippen molar-refractivity contribution < 1.29 is 0 Å². The number of rotatable bonds is 5. The second-order valence-corrected chi connectivity index (χ2v) is 7.26. The molecule has 0 aromatic carbocycles. The molecule has 26 heavy (non-hydrogen) atoms. The molecule has 2 aromatic heterocycles. The van der Waals surface area contributed by atoms with E-state index in [1.54, 1.807) is 0 Å². The zero-order valence-electron chi connectivity index (χ0n) is 16.3. The molecule has 140 valence electrons. The van der Waals surface area contributed by atoms with E-state index in [4.69, 9.17) is 10.1 Å². The van der Waals surface area contributed by atoms with Gasteiger partial charge in [-0.1, -0.05) is 6.07 Å². The summed E-state index contributed by atoms with van der Waals surface area (Å²) < 4.78 is 2.08. The van der Waals surface area contributed by atoms with Gasteiger partial charge in [0.2, 0.25) is 0 Å². The van der Waals surface area contributed by atoms with Gasteiger partial charge in [0.05, 0.1) is 12.2 Å². The Morgan fingerprint density at radius 2 is 2.23 bits per heavy atom. The van der Waals surface area contributed by atoms with E-state index in [9.17, 15) is 0 Å². The van der Waals surface area contributed by atoms with E-state index in [0.29, 0.717) is 18.6 Å². The van der Waals surface area contributed by atoms with Crippen LogP contribution in [-0.4, -0.2) is 33.3 Å². The van der Waals surface area contributed by atoms with Crippen LogP contribution < -0.4 is 10.6 Å². The first-order valence-electron chi connectivity index (χ1n) is 9.58. The summed E-state index contributed by atoms with van der Waals surface area (Å²) in [5, 5.41) is 11.7. The molecule has 1 atom stereocenters. The molecule has 2 heterocycles. The molecule has 1 unspecified atom stereocenters. The van der Waals surface area contributed by atoms with E-state index in [1.165, 1.54) is 11.3 Å². The Hall–Kier alpha value is -2.37. The molecule has 0 saturated carbocycles. The summed E-state index contributed by atoms with van der Waals surface area (Å²) in [6, 6.07) is 4.89. The fourth-order valence-corrected chi connectivity index (χ4v) is 3.18. The molecule has 1 aliphatic carbocycles. The van der Waals surface area contributed by atoms with Crippen LogP contribution in [0.5, 0.6) is 0 Å². The molecule has 0 radical (unpaired) electrons. The lowest BCUT2D eigenvalue weighted by Crippen LogP contribution is -2.45. The first kappa shape index (κ1) is 18.4. The monoisotopic (exact) mass is 354 g/mol. The highest BCUT2D eigenvalue weighted by molar-refractivity contribution is 5.80. The third-order valence-electron chi connectivity index (χ3n) is 4.70. The molecular formula is C20H30N6. The summed E-state index contributed by atoms with van der Waals surface area (Å²) in [4.78, 5) is 9.07. The van der Waals surface area contributed by atoms with Gasteiger partial charge >= 0.3 is 0 Å². The lowest BCUT2D eigenvalue weighted by molar-refractivity contribution is 0.499. The largest absolute Gasteiger partial charge is 0.357 e. The Morgan fingerprint density at radius 3 is 2.92 bits per heavy atom. The highest BCUT2D eigenvalue weighted by Gasteiger charge is 2.22. The summed E-state index contributed by atoms with van der Waals surface area (Å²) in [6.07, 6.45) is 7.23. The molecule has 0 saturated heterocycles. The molecular weight excluding hydrogens is 324 g/mol. The lowest BCUT2D eigenvalue weighted by Gasteiger charge is -2.24. The van der Waals surface area contributed by atoms with Crippen LogP contribution in [0.3, 0.4) is 0 Å². The topological polar surface area (TPSA) is 67.1 Å². The van der Waals surface area contributed by atoms with Crippen LogP contribution in [-0.2, 0) is 19.4 Å². The Kier molecular flexibility index (Phi) is 5.91. The molecule has 0 aliphatic heterocycles. The minimum atomic E-state index is 0.368. The lowest BCUT2D eigenvalue weighted by atomic mass is 9.94. The molecule has 2 aromatic rings. The second-order valence-electron chi connectivity index (χ2n) is 7.26. The van der Waals surface area contributed by atoms with Crippen molar-refractivity contribution in [1.82, 2.24) is 25.4 Å². The third kappa shape index (κ3) is 4.62. The number of hydrogen-bond acceptors (Lipinski definition) is 3. The van der Waals surface area contributed by atoms with E-state index in [2.05, 4.69) is 53.3 Å². The zero-order valence-corrected chi connectivity index (χ0v) is 16.3. The fourth-order valence-electron chi connectivity index (χ4n) is 3.18. The molecule has 0 spiro atoms. The van der Waals surface area contributed by atoms with Gasteiger partial charge in [-0.05, 0) is 57.7 Å². The van der Waals surface area contributed by atoms with Gasteiger partial charge in [0.15, 0.2) is 5.96 Å². The van der Waals surface area contributed by atoms with E-state index in [0.717, 1.165) is 43.0 Å². The Morgan fingerprint density at radius 1 is 1.38 bits per heavy atom. The number of nitrogens with one attached hydrogen (secondary N) is 2. The number of fused-ring (bicyclic) bond motifs is 1. The highest BCUT2D eigenvalue weighted by atomic mass is 15.3. The summed E-state index contributed by atoms with van der Waals surface area (Å²) in [5.41, 5.74) is 4.77. The van der Waals surface area contributed by atoms with E-state index in [1.807, 2.05) is 19.2 Å². The number of nitrogens with zero attached hydrogens (tertiary/aromatic N) is 4. The normalized spacial score (nSPS) is 17.3. The fraction of sp³-hybridized carbons (Fsp3) is 0.550. The number of aliphatic imine (C=N–C) groups is 1. The maximum absolute atomic E-state index is 4.76. The van der Waals surface area contributed by atoms with Crippen molar-refractivity contribution >= 4 is 5.96 Å². The van der Waals surface area contributed by atoms with Gasteiger partial charge in [-0.3, -0.25) is 9.67 Å². The van der Waals surface area contributed by atoms with Crippen molar-refractivity contribution in [3.8, 4) is 0 Å². The number of aromatic nitrogens is 3. The minimum absolute atomic E-state index is 0.368. The molecule has 0 bridgehead atoms. The average Bonchev–Trinajstić information content (AvgIpc) is 3.05. The zero-order chi connectivity index (χ0) is 18.5. The van der Waals surface area contributed by atoms with Crippen molar-refractivity contribution in [2.24, 2.45) is 4.99 Å². The van der Waals surface area contributed by atoms with E-state index in [-0.39, 0.29) is 0 Å². The predicted octanol–water partition coefficient (Wildman–Crippen LogP) is 2.78. The van der Waals surface area contributed by atoms with Crippen LogP contribution in [0.25, 0.3) is 0 Å². The molecule has 6 nitrogen and oxygen atoms in total. The van der Waals surface area contributed by atoms with Crippen LogP contribution in [0, 0.1) is 6.92 Å². The number of pyridine rings is 1. The molecule has 1 aliphatic rings. The Labute approximate surface area is 156 Å². The molecule has 0 fully saturated rings.